The third kappa shape index (κ3) is 3.75. The molecule has 7 bridgehead atoms. The van der Waals surface area contributed by atoms with E-state index in [1.165, 1.54) is 38.3 Å². The number of esters is 2. The number of fused-ring (bicyclic) bond motifs is 2. The van der Waals surface area contributed by atoms with Crippen LogP contribution >= 0.6 is 0 Å². The van der Waals surface area contributed by atoms with Crippen LogP contribution in [0.1, 0.15) is 43.5 Å². The summed E-state index contributed by atoms with van der Waals surface area (Å²) in [6.07, 6.45) is -2.84. The zero-order chi connectivity index (χ0) is 33.0. The van der Waals surface area contributed by atoms with Crippen molar-refractivity contribution in [2.75, 3.05) is 48.1 Å². The van der Waals surface area contributed by atoms with Gasteiger partial charge in [-0.05, 0) is 43.1 Å². The maximum Gasteiger partial charge on any atom is 0.338 e. The molecule has 1 saturated heterocycles. The number of piperidine rings is 1. The molecule has 6 fully saturated rings. The summed E-state index contributed by atoms with van der Waals surface area (Å²) in [5.74, 6) is -2.84. The standard InChI is InChI=1S/C34H47NO11/c1-7-35-15-31(16-41-3)21(38)12-22(42-4)34-20-13-32(40)23(43-5)14-33(46-17(2)36,25(28(34)35)26(44-6)27(31)34)24(20)29(32)45-30(39)18-8-10-19(37)11-9-18/h8-11,20-29,37-38,40H,7,12-16H2,1-6H3/t20-,21+,22+,23-,24+,25+,26-,27+,28+,29+,31-,32+,33+,34+/m0/s1. The van der Waals surface area contributed by atoms with Crippen molar-refractivity contribution in [2.45, 2.75) is 80.9 Å². The van der Waals surface area contributed by atoms with Crippen LogP contribution < -0.4 is 0 Å². The summed E-state index contributed by atoms with van der Waals surface area (Å²) in [6, 6.07) is 5.56. The lowest BCUT2D eigenvalue weighted by molar-refractivity contribution is -0.300. The summed E-state index contributed by atoms with van der Waals surface area (Å²) in [4.78, 5) is 29.4. The van der Waals surface area contributed by atoms with Crippen molar-refractivity contribution in [1.82, 2.24) is 4.90 Å². The number of rotatable bonds is 9. The van der Waals surface area contributed by atoms with E-state index in [2.05, 4.69) is 11.8 Å². The van der Waals surface area contributed by atoms with E-state index in [1.54, 1.807) is 21.3 Å². The Morgan fingerprint density at radius 2 is 1.70 bits per heavy atom. The summed E-state index contributed by atoms with van der Waals surface area (Å²) in [5.41, 5.74) is -4.05. The Balaban J connectivity index is 1.49. The minimum Gasteiger partial charge on any atom is -0.508 e. The SMILES string of the molecule is CCN1C[C@]2(COC)[C@H](O)C[C@@H](OC)[C@]34[C@@H]2[C@@H](OC)[C@H]([C@@H]13)[C@@]1(OC(C)=O)C[C@H](OC)[C@]2(O)C[C@H]4[C@@H]1[C@H]2OC(=O)c1ccc(O)cc1. The number of carbonyl (C=O) groups excluding carboxylic acids is 2. The Hall–Kier alpha value is -2.32. The highest BCUT2D eigenvalue weighted by molar-refractivity contribution is 5.89. The van der Waals surface area contributed by atoms with E-state index in [1.807, 2.05) is 0 Å². The van der Waals surface area contributed by atoms with Crippen LogP contribution in [0.3, 0.4) is 0 Å². The first-order valence-electron chi connectivity index (χ1n) is 16.4. The molecule has 1 aromatic carbocycles. The molecule has 5 aliphatic carbocycles. The Morgan fingerprint density at radius 1 is 1.00 bits per heavy atom. The smallest absolute Gasteiger partial charge is 0.338 e. The van der Waals surface area contributed by atoms with Crippen LogP contribution in [0.2, 0.25) is 0 Å². The largest absolute Gasteiger partial charge is 0.508 e. The van der Waals surface area contributed by atoms with Gasteiger partial charge in [-0.1, -0.05) is 6.92 Å². The number of nitrogens with zero attached hydrogens (tertiary/aromatic N) is 1. The highest BCUT2D eigenvalue weighted by Gasteiger charge is 2.90. The van der Waals surface area contributed by atoms with E-state index >= 15 is 0 Å². The van der Waals surface area contributed by atoms with E-state index in [0.29, 0.717) is 19.5 Å². The van der Waals surface area contributed by atoms with E-state index < -0.39 is 76.3 Å². The van der Waals surface area contributed by atoms with Crippen LogP contribution in [0.25, 0.3) is 0 Å². The number of benzene rings is 1. The van der Waals surface area contributed by atoms with Crippen molar-refractivity contribution in [3.8, 4) is 5.75 Å². The summed E-state index contributed by atoms with van der Waals surface area (Å²) in [7, 11) is 6.50. The zero-order valence-electron chi connectivity index (χ0n) is 27.4. The molecule has 1 heterocycles. The predicted octanol–water partition coefficient (Wildman–Crippen LogP) is 1.38. The number of carbonyl (C=O) groups is 2. The van der Waals surface area contributed by atoms with Crippen molar-refractivity contribution in [2.24, 2.45) is 34.5 Å². The lowest BCUT2D eigenvalue weighted by Crippen LogP contribution is -2.79. The topological polar surface area (TPSA) is 153 Å². The second kappa shape index (κ2) is 10.8. The molecule has 6 aliphatic rings. The molecule has 14 atom stereocenters. The Morgan fingerprint density at radius 3 is 2.28 bits per heavy atom. The maximum absolute atomic E-state index is 13.8. The van der Waals surface area contributed by atoms with Crippen LogP contribution in [-0.2, 0) is 33.2 Å². The number of aromatic hydroxyl groups is 1. The normalized spacial score (nSPS) is 48.3. The monoisotopic (exact) mass is 645 g/mol. The van der Waals surface area contributed by atoms with Gasteiger partial charge in [0.2, 0.25) is 0 Å². The van der Waals surface area contributed by atoms with Gasteiger partial charge in [-0.3, -0.25) is 9.69 Å². The fourth-order valence-electron chi connectivity index (χ4n) is 12.2. The first-order chi connectivity index (χ1) is 21.9. The van der Waals surface area contributed by atoms with Gasteiger partial charge in [0.15, 0.2) is 0 Å². The van der Waals surface area contributed by atoms with E-state index in [4.69, 9.17) is 28.4 Å². The predicted molar refractivity (Wildman–Crippen MR) is 161 cm³/mol. The van der Waals surface area contributed by atoms with E-state index in [0.717, 1.165) is 0 Å². The second-order valence-corrected chi connectivity index (χ2v) is 14.5. The summed E-state index contributed by atoms with van der Waals surface area (Å²) >= 11 is 0. The molecule has 3 N–H and O–H groups in total. The van der Waals surface area contributed by atoms with Crippen molar-refractivity contribution in [1.29, 1.82) is 0 Å². The van der Waals surface area contributed by atoms with Gasteiger partial charge in [0, 0.05) is 89.4 Å². The van der Waals surface area contributed by atoms with Crippen molar-refractivity contribution >= 4 is 11.9 Å². The quantitative estimate of drug-likeness (QED) is 0.333. The van der Waals surface area contributed by atoms with Crippen LogP contribution in [-0.4, -0.2) is 128 Å². The summed E-state index contributed by atoms with van der Waals surface area (Å²) < 4.78 is 37.7. The van der Waals surface area contributed by atoms with Crippen LogP contribution in [0.15, 0.2) is 24.3 Å². The van der Waals surface area contributed by atoms with Crippen molar-refractivity contribution < 1.29 is 53.3 Å². The fourth-order valence-corrected chi connectivity index (χ4v) is 12.2. The number of phenolic OH excluding ortho intramolecular Hbond substituents is 1. The maximum atomic E-state index is 13.8. The van der Waals surface area contributed by atoms with Gasteiger partial charge >= 0.3 is 11.9 Å². The Labute approximate surface area is 269 Å². The third-order valence-electron chi connectivity index (χ3n) is 13.2. The molecule has 0 amide bonds. The molecule has 1 aromatic rings. The highest BCUT2D eigenvalue weighted by atomic mass is 16.6. The lowest BCUT2D eigenvalue weighted by Gasteiger charge is -2.70. The average molecular weight is 646 g/mol. The zero-order valence-corrected chi connectivity index (χ0v) is 27.4. The van der Waals surface area contributed by atoms with Gasteiger partial charge < -0.3 is 43.7 Å². The first-order valence-corrected chi connectivity index (χ1v) is 16.4. The van der Waals surface area contributed by atoms with Crippen LogP contribution in [0.5, 0.6) is 5.75 Å². The number of hydrogen-bond donors (Lipinski definition) is 3. The molecular weight excluding hydrogens is 598 g/mol. The minimum absolute atomic E-state index is 0.00800. The molecule has 7 rings (SSSR count). The van der Waals surface area contributed by atoms with Gasteiger partial charge in [0.1, 0.15) is 23.1 Å². The van der Waals surface area contributed by atoms with Gasteiger partial charge in [-0.25, -0.2) is 4.79 Å². The average Bonchev–Trinajstić information content (AvgIpc) is 3.40. The molecule has 254 valence electrons. The van der Waals surface area contributed by atoms with Gasteiger partial charge in [-0.2, -0.15) is 0 Å². The molecule has 12 nitrogen and oxygen atoms in total. The minimum atomic E-state index is -1.61. The number of hydrogen-bond acceptors (Lipinski definition) is 12. The number of aliphatic hydroxyl groups excluding tert-OH is 1. The lowest BCUT2D eigenvalue weighted by atomic mass is 9.42. The number of aliphatic hydroxyl groups is 2. The molecule has 5 saturated carbocycles. The highest BCUT2D eigenvalue weighted by Crippen LogP contribution is 2.80. The first kappa shape index (κ1) is 32.2. The fraction of sp³-hybridized carbons (Fsp3) is 0.765. The van der Waals surface area contributed by atoms with Gasteiger partial charge in [-0.15, -0.1) is 0 Å². The molecule has 1 spiro atoms. The summed E-state index contributed by atoms with van der Waals surface area (Å²) in [5, 5.41) is 34.6. The van der Waals surface area contributed by atoms with Crippen LogP contribution in [0, 0.1) is 34.5 Å². The van der Waals surface area contributed by atoms with E-state index in [9.17, 15) is 24.9 Å². The number of likely N-dealkylation sites (tertiary alicyclic amines) is 1. The van der Waals surface area contributed by atoms with E-state index in [-0.39, 0.29) is 48.6 Å². The van der Waals surface area contributed by atoms with Crippen molar-refractivity contribution in [3.63, 3.8) is 0 Å². The number of methoxy groups -OCH3 is 4. The van der Waals surface area contributed by atoms with Crippen molar-refractivity contribution in [3.05, 3.63) is 29.8 Å². The molecule has 46 heavy (non-hydrogen) atoms. The van der Waals surface area contributed by atoms with Crippen LogP contribution in [0.4, 0.5) is 0 Å². The number of ether oxygens (including phenoxy) is 6. The Bertz CT molecular complexity index is 1380. The Kier molecular flexibility index (Phi) is 7.60. The third-order valence-corrected chi connectivity index (χ3v) is 13.2. The number of phenols is 1. The van der Waals surface area contributed by atoms with Gasteiger partial charge in [0.25, 0.3) is 0 Å². The summed E-state index contributed by atoms with van der Waals surface area (Å²) in [6.45, 7) is 4.98. The van der Waals surface area contributed by atoms with Gasteiger partial charge in [0.05, 0.1) is 36.6 Å². The second-order valence-electron chi connectivity index (χ2n) is 14.5. The molecular formula is C34H47NO11. The molecule has 0 radical (unpaired) electrons. The molecule has 1 aliphatic heterocycles. The molecule has 0 unspecified atom stereocenters. The molecule has 0 aromatic heterocycles. The molecule has 12 heteroatoms.